The first kappa shape index (κ1) is 18.8. The van der Waals surface area contributed by atoms with E-state index in [4.69, 9.17) is 4.74 Å². The number of aliphatic hydroxyl groups is 1. The highest BCUT2D eigenvalue weighted by atomic mass is 19.1. The van der Waals surface area contributed by atoms with E-state index in [1.807, 2.05) is 0 Å². The molecule has 7 nitrogen and oxygen atoms in total. The van der Waals surface area contributed by atoms with Crippen molar-refractivity contribution in [3.63, 3.8) is 0 Å². The van der Waals surface area contributed by atoms with Crippen molar-refractivity contribution >= 4 is 0 Å². The molecule has 1 aromatic carbocycles. The van der Waals surface area contributed by atoms with E-state index < -0.39 is 0 Å². The van der Waals surface area contributed by atoms with Crippen LogP contribution in [0.1, 0.15) is 18.6 Å². The smallest absolute Gasteiger partial charge is 0.188 e. The lowest BCUT2D eigenvalue weighted by Crippen LogP contribution is -2.45. The number of piperazine rings is 1. The summed E-state index contributed by atoms with van der Waals surface area (Å²) in [6.45, 7) is 8.73. The Labute approximate surface area is 153 Å². The number of rotatable bonds is 8. The van der Waals surface area contributed by atoms with Crippen molar-refractivity contribution in [3.8, 4) is 5.75 Å². The second-order valence-electron chi connectivity index (χ2n) is 6.34. The fraction of sp³-hybridized carbons (Fsp3) is 0.556. The second-order valence-corrected chi connectivity index (χ2v) is 6.34. The molecule has 2 aromatic rings. The zero-order valence-corrected chi connectivity index (χ0v) is 15.1. The number of benzene rings is 1. The molecule has 0 spiro atoms. The molecule has 2 heterocycles. The van der Waals surface area contributed by atoms with Gasteiger partial charge in [-0.3, -0.25) is 4.90 Å². The van der Waals surface area contributed by atoms with Gasteiger partial charge in [0.25, 0.3) is 0 Å². The van der Waals surface area contributed by atoms with Crippen molar-refractivity contribution < 1.29 is 14.2 Å². The van der Waals surface area contributed by atoms with Crippen LogP contribution in [-0.4, -0.2) is 69.0 Å². The minimum atomic E-state index is -0.298. The van der Waals surface area contributed by atoms with E-state index in [1.54, 1.807) is 16.8 Å². The zero-order valence-electron chi connectivity index (χ0n) is 15.1. The molecule has 0 saturated carbocycles. The fourth-order valence-corrected chi connectivity index (χ4v) is 3.02. The van der Waals surface area contributed by atoms with E-state index >= 15 is 0 Å². The highest BCUT2D eigenvalue weighted by molar-refractivity contribution is 5.22. The van der Waals surface area contributed by atoms with Crippen molar-refractivity contribution in [3.05, 3.63) is 41.7 Å². The Morgan fingerprint density at radius 3 is 2.46 bits per heavy atom. The van der Waals surface area contributed by atoms with Crippen molar-refractivity contribution in [2.24, 2.45) is 0 Å². The lowest BCUT2D eigenvalue weighted by molar-refractivity contribution is 0.127. The van der Waals surface area contributed by atoms with Crippen LogP contribution in [0.2, 0.25) is 0 Å². The normalized spacial score (nSPS) is 16.1. The standard InChI is InChI=1S/C18H26FN5O2/c1-2-22-7-9-23(10-8-22)13-18-20-17(21-24(18)11-12-25)14-26-16-5-3-15(19)4-6-16/h3-6,25H,2,7-14H2,1H3. The molecule has 1 N–H and O–H groups in total. The molecule has 26 heavy (non-hydrogen) atoms. The van der Waals surface area contributed by atoms with Gasteiger partial charge in [-0.1, -0.05) is 6.92 Å². The van der Waals surface area contributed by atoms with Gasteiger partial charge in [-0.05, 0) is 30.8 Å². The molecule has 142 valence electrons. The van der Waals surface area contributed by atoms with Gasteiger partial charge in [0, 0.05) is 26.2 Å². The van der Waals surface area contributed by atoms with Gasteiger partial charge in [0.15, 0.2) is 5.82 Å². The van der Waals surface area contributed by atoms with Crippen LogP contribution in [0.3, 0.4) is 0 Å². The van der Waals surface area contributed by atoms with E-state index in [0.29, 0.717) is 24.7 Å². The number of aromatic nitrogens is 3. The predicted octanol–water partition coefficient (Wildman–Crippen LogP) is 1.13. The summed E-state index contributed by atoms with van der Waals surface area (Å²) in [4.78, 5) is 9.36. The van der Waals surface area contributed by atoms with Gasteiger partial charge >= 0.3 is 0 Å². The maximum atomic E-state index is 12.9. The Bertz CT molecular complexity index is 683. The van der Waals surface area contributed by atoms with Crippen molar-refractivity contribution in [1.29, 1.82) is 0 Å². The summed E-state index contributed by atoms with van der Waals surface area (Å²) in [6.07, 6.45) is 0. The quantitative estimate of drug-likeness (QED) is 0.758. The summed E-state index contributed by atoms with van der Waals surface area (Å²) < 4.78 is 20.3. The van der Waals surface area contributed by atoms with Crippen LogP contribution in [0, 0.1) is 5.82 Å². The Morgan fingerprint density at radius 2 is 1.81 bits per heavy atom. The first-order chi connectivity index (χ1) is 12.7. The average molecular weight is 363 g/mol. The van der Waals surface area contributed by atoms with E-state index in [1.165, 1.54) is 12.1 Å². The van der Waals surface area contributed by atoms with E-state index in [2.05, 4.69) is 26.8 Å². The predicted molar refractivity (Wildman–Crippen MR) is 95.2 cm³/mol. The highest BCUT2D eigenvalue weighted by Crippen LogP contribution is 2.13. The van der Waals surface area contributed by atoms with Crippen LogP contribution in [0.25, 0.3) is 0 Å². The van der Waals surface area contributed by atoms with E-state index in [-0.39, 0.29) is 19.0 Å². The number of hydrogen-bond acceptors (Lipinski definition) is 6. The molecule has 1 aliphatic rings. The number of nitrogens with zero attached hydrogens (tertiary/aromatic N) is 5. The minimum absolute atomic E-state index is 0.0121. The van der Waals surface area contributed by atoms with Crippen LogP contribution in [0.5, 0.6) is 5.75 Å². The Balaban J connectivity index is 1.61. The molecule has 1 aliphatic heterocycles. The monoisotopic (exact) mass is 363 g/mol. The number of ether oxygens (including phenoxy) is 1. The summed E-state index contributed by atoms with van der Waals surface area (Å²) >= 11 is 0. The largest absolute Gasteiger partial charge is 0.486 e. The lowest BCUT2D eigenvalue weighted by atomic mass is 10.3. The summed E-state index contributed by atoms with van der Waals surface area (Å²) in [5, 5.41) is 13.7. The van der Waals surface area contributed by atoms with Crippen LogP contribution in [-0.2, 0) is 19.7 Å². The average Bonchev–Trinajstić information content (AvgIpc) is 3.04. The molecule has 0 unspecified atom stereocenters. The third kappa shape index (κ3) is 5.00. The molecule has 1 fully saturated rings. The Hall–Kier alpha value is -2.03. The van der Waals surface area contributed by atoms with Crippen LogP contribution < -0.4 is 4.74 Å². The van der Waals surface area contributed by atoms with Crippen LogP contribution in [0.15, 0.2) is 24.3 Å². The van der Waals surface area contributed by atoms with Gasteiger partial charge in [-0.15, -0.1) is 0 Å². The molecule has 1 saturated heterocycles. The number of halogens is 1. The maximum absolute atomic E-state index is 12.9. The molecule has 0 aliphatic carbocycles. The minimum Gasteiger partial charge on any atom is -0.486 e. The third-order valence-corrected chi connectivity index (χ3v) is 4.56. The molecule has 3 rings (SSSR count). The fourth-order valence-electron chi connectivity index (χ4n) is 3.02. The van der Waals surface area contributed by atoms with Gasteiger partial charge in [0.2, 0.25) is 0 Å². The summed E-state index contributed by atoms with van der Waals surface area (Å²) in [5.41, 5.74) is 0. The first-order valence-electron chi connectivity index (χ1n) is 9.04. The third-order valence-electron chi connectivity index (χ3n) is 4.56. The van der Waals surface area contributed by atoms with Crippen molar-refractivity contribution in [2.45, 2.75) is 26.6 Å². The Kier molecular flexibility index (Phi) is 6.54. The highest BCUT2D eigenvalue weighted by Gasteiger charge is 2.19. The lowest BCUT2D eigenvalue weighted by Gasteiger charge is -2.33. The molecule has 8 heteroatoms. The van der Waals surface area contributed by atoms with Gasteiger partial charge in [-0.2, -0.15) is 5.10 Å². The SMILES string of the molecule is CCN1CCN(Cc2nc(COc3ccc(F)cc3)nn2CCO)CC1. The number of hydrogen-bond donors (Lipinski definition) is 1. The Morgan fingerprint density at radius 1 is 1.12 bits per heavy atom. The molecule has 0 atom stereocenters. The van der Waals surface area contributed by atoms with E-state index in [0.717, 1.165) is 38.5 Å². The maximum Gasteiger partial charge on any atom is 0.188 e. The molecule has 0 radical (unpaired) electrons. The summed E-state index contributed by atoms with van der Waals surface area (Å²) in [7, 11) is 0. The topological polar surface area (TPSA) is 66.7 Å². The van der Waals surface area contributed by atoms with Gasteiger partial charge < -0.3 is 14.7 Å². The number of likely N-dealkylation sites (N-methyl/N-ethyl adjacent to an activating group) is 1. The van der Waals surface area contributed by atoms with Crippen molar-refractivity contribution in [1.82, 2.24) is 24.6 Å². The second kappa shape index (κ2) is 9.07. The number of aliphatic hydroxyl groups excluding tert-OH is 1. The molecule has 0 bridgehead atoms. The van der Waals surface area contributed by atoms with Gasteiger partial charge in [0.05, 0.1) is 19.7 Å². The molecular weight excluding hydrogens is 337 g/mol. The molecule has 1 aromatic heterocycles. The summed E-state index contributed by atoms with van der Waals surface area (Å²) in [6, 6.07) is 5.87. The van der Waals surface area contributed by atoms with Crippen molar-refractivity contribution in [2.75, 3.05) is 39.3 Å². The van der Waals surface area contributed by atoms with Gasteiger partial charge in [0.1, 0.15) is 24.0 Å². The first-order valence-corrected chi connectivity index (χ1v) is 9.04. The summed E-state index contributed by atoms with van der Waals surface area (Å²) in [5.74, 6) is 1.67. The zero-order chi connectivity index (χ0) is 18.4. The van der Waals surface area contributed by atoms with Crippen LogP contribution in [0.4, 0.5) is 4.39 Å². The molecule has 0 amide bonds. The van der Waals surface area contributed by atoms with E-state index in [9.17, 15) is 9.50 Å². The molecular formula is C18H26FN5O2. The van der Waals surface area contributed by atoms with Gasteiger partial charge in [-0.25, -0.2) is 14.1 Å². The van der Waals surface area contributed by atoms with Crippen LogP contribution >= 0.6 is 0 Å².